The topological polar surface area (TPSA) is 55.3 Å². The fourth-order valence-electron chi connectivity index (χ4n) is 1.86. The average molecular weight is 219 g/mol. The minimum atomic E-state index is 0.372. The van der Waals surface area contributed by atoms with Crippen LogP contribution in [0.15, 0.2) is 29.0 Å². The molecule has 2 aromatic heterocycles. The van der Waals surface area contributed by atoms with Crippen LogP contribution in [-0.4, -0.2) is 24.1 Å². The molecule has 2 N–H and O–H groups in total. The normalized spacial score (nSPS) is 11.2. The van der Waals surface area contributed by atoms with Gasteiger partial charge in [0.25, 0.3) is 0 Å². The van der Waals surface area contributed by atoms with Gasteiger partial charge in [-0.25, -0.2) is 4.98 Å². The third-order valence-corrected chi connectivity index (χ3v) is 2.62. The van der Waals surface area contributed by atoms with Gasteiger partial charge in [0.2, 0.25) is 0 Å². The van der Waals surface area contributed by atoms with E-state index in [0.717, 1.165) is 23.3 Å². The molecule has 4 nitrogen and oxygen atoms in total. The molecule has 2 aromatic rings. The van der Waals surface area contributed by atoms with Gasteiger partial charge in [-0.2, -0.15) is 0 Å². The molecule has 0 saturated heterocycles. The molecule has 0 bridgehead atoms. The van der Waals surface area contributed by atoms with Crippen molar-refractivity contribution in [1.82, 2.24) is 4.98 Å². The lowest BCUT2D eigenvalue weighted by Crippen LogP contribution is -2.36. The summed E-state index contributed by atoms with van der Waals surface area (Å²) in [6.45, 7) is 5.69. The molecule has 0 aliphatic heterocycles. The third kappa shape index (κ3) is 1.88. The maximum atomic E-state index is 5.63. The molecule has 0 fully saturated rings. The van der Waals surface area contributed by atoms with Crippen LogP contribution < -0.4 is 10.6 Å². The number of fused-ring (bicyclic) bond motifs is 1. The van der Waals surface area contributed by atoms with Crippen molar-refractivity contribution in [2.75, 3.05) is 18.0 Å². The standard InChI is InChI=1S/C12H17N3O/c1-9(2)15(7-5-13)12-10-4-8-16-11(10)3-6-14-12/h3-4,6,8-9H,5,7,13H2,1-2H3. The van der Waals surface area contributed by atoms with Gasteiger partial charge in [0, 0.05) is 25.3 Å². The number of pyridine rings is 1. The van der Waals surface area contributed by atoms with Gasteiger partial charge in [0.1, 0.15) is 11.4 Å². The van der Waals surface area contributed by atoms with Crippen molar-refractivity contribution in [3.05, 3.63) is 24.6 Å². The molecule has 86 valence electrons. The Kier molecular flexibility index (Phi) is 3.10. The maximum Gasteiger partial charge on any atom is 0.139 e. The van der Waals surface area contributed by atoms with Gasteiger partial charge in [0.15, 0.2) is 0 Å². The summed E-state index contributed by atoms with van der Waals surface area (Å²) in [5, 5.41) is 1.05. The predicted octanol–water partition coefficient (Wildman–Crippen LogP) is 2.00. The van der Waals surface area contributed by atoms with Gasteiger partial charge in [-0.15, -0.1) is 0 Å². The van der Waals surface area contributed by atoms with Crippen LogP contribution in [0.1, 0.15) is 13.8 Å². The van der Waals surface area contributed by atoms with Crippen LogP contribution in [0.25, 0.3) is 11.0 Å². The van der Waals surface area contributed by atoms with Crippen molar-refractivity contribution < 1.29 is 4.42 Å². The summed E-state index contributed by atoms with van der Waals surface area (Å²) < 4.78 is 5.37. The highest BCUT2D eigenvalue weighted by Crippen LogP contribution is 2.26. The Bertz CT molecular complexity index is 464. The van der Waals surface area contributed by atoms with Crippen LogP contribution in [0.3, 0.4) is 0 Å². The van der Waals surface area contributed by atoms with Gasteiger partial charge in [-0.3, -0.25) is 0 Å². The van der Waals surface area contributed by atoms with Crippen molar-refractivity contribution in [1.29, 1.82) is 0 Å². The Hall–Kier alpha value is -1.55. The summed E-state index contributed by atoms with van der Waals surface area (Å²) in [6, 6.07) is 4.19. The third-order valence-electron chi connectivity index (χ3n) is 2.62. The zero-order valence-corrected chi connectivity index (χ0v) is 9.68. The largest absolute Gasteiger partial charge is 0.464 e. The van der Waals surface area contributed by atoms with Gasteiger partial charge in [-0.1, -0.05) is 0 Å². The molecule has 2 rings (SSSR count). The molecule has 0 aliphatic carbocycles. The SMILES string of the molecule is CC(C)N(CCN)c1nccc2occc12. The number of hydrogen-bond acceptors (Lipinski definition) is 4. The highest BCUT2D eigenvalue weighted by atomic mass is 16.3. The Balaban J connectivity index is 2.47. The summed E-state index contributed by atoms with van der Waals surface area (Å²) in [5.74, 6) is 0.951. The first kappa shape index (κ1) is 11.0. The number of hydrogen-bond donors (Lipinski definition) is 1. The number of nitrogens with two attached hydrogens (primary N) is 1. The van der Waals surface area contributed by atoms with E-state index in [2.05, 4.69) is 23.7 Å². The molecule has 4 heteroatoms. The monoisotopic (exact) mass is 219 g/mol. The van der Waals surface area contributed by atoms with E-state index in [1.165, 1.54) is 0 Å². The molecule has 2 heterocycles. The molecule has 0 spiro atoms. The van der Waals surface area contributed by atoms with Crippen LogP contribution in [0.2, 0.25) is 0 Å². The molecule has 0 amide bonds. The molecular formula is C12H17N3O. The summed E-state index contributed by atoms with van der Waals surface area (Å²) in [4.78, 5) is 6.62. The predicted molar refractivity (Wildman–Crippen MR) is 65.5 cm³/mol. The lowest BCUT2D eigenvalue weighted by molar-refractivity contribution is 0.615. The van der Waals surface area contributed by atoms with Crippen molar-refractivity contribution in [2.45, 2.75) is 19.9 Å². The van der Waals surface area contributed by atoms with E-state index in [-0.39, 0.29) is 0 Å². The lowest BCUT2D eigenvalue weighted by Gasteiger charge is -2.27. The molecule has 0 saturated carbocycles. The average Bonchev–Trinajstić information content (AvgIpc) is 2.73. The van der Waals surface area contributed by atoms with Crippen LogP contribution in [-0.2, 0) is 0 Å². The molecule has 0 radical (unpaired) electrons. The van der Waals surface area contributed by atoms with Gasteiger partial charge < -0.3 is 15.1 Å². The Morgan fingerprint density at radius 3 is 2.94 bits per heavy atom. The van der Waals surface area contributed by atoms with E-state index >= 15 is 0 Å². The Morgan fingerprint density at radius 1 is 1.44 bits per heavy atom. The van der Waals surface area contributed by atoms with Crippen LogP contribution in [0.5, 0.6) is 0 Å². The Labute approximate surface area is 95.1 Å². The minimum Gasteiger partial charge on any atom is -0.464 e. The van der Waals surface area contributed by atoms with Crippen LogP contribution >= 0.6 is 0 Å². The first-order chi connectivity index (χ1) is 7.74. The first-order valence-electron chi connectivity index (χ1n) is 5.53. The van der Waals surface area contributed by atoms with E-state index in [4.69, 9.17) is 10.2 Å². The second-order valence-electron chi connectivity index (χ2n) is 4.04. The zero-order valence-electron chi connectivity index (χ0n) is 9.68. The molecule has 0 unspecified atom stereocenters. The summed E-state index contributed by atoms with van der Waals surface area (Å²) in [5.41, 5.74) is 6.50. The fraction of sp³-hybridized carbons (Fsp3) is 0.417. The van der Waals surface area contributed by atoms with Crippen LogP contribution in [0, 0.1) is 0 Å². The fourth-order valence-corrected chi connectivity index (χ4v) is 1.86. The first-order valence-corrected chi connectivity index (χ1v) is 5.53. The minimum absolute atomic E-state index is 0.372. The molecular weight excluding hydrogens is 202 g/mol. The molecule has 0 aromatic carbocycles. The summed E-state index contributed by atoms with van der Waals surface area (Å²) in [6.07, 6.45) is 3.46. The number of anilines is 1. The number of rotatable bonds is 4. The highest BCUT2D eigenvalue weighted by Gasteiger charge is 2.14. The maximum absolute atomic E-state index is 5.63. The van der Waals surface area contributed by atoms with Crippen molar-refractivity contribution >= 4 is 16.8 Å². The van der Waals surface area contributed by atoms with E-state index < -0.39 is 0 Å². The summed E-state index contributed by atoms with van der Waals surface area (Å²) >= 11 is 0. The second-order valence-corrected chi connectivity index (χ2v) is 4.04. The zero-order chi connectivity index (χ0) is 11.5. The number of aromatic nitrogens is 1. The second kappa shape index (κ2) is 4.53. The highest BCUT2D eigenvalue weighted by molar-refractivity contribution is 5.88. The quantitative estimate of drug-likeness (QED) is 0.854. The van der Waals surface area contributed by atoms with Crippen LogP contribution in [0.4, 0.5) is 5.82 Å². The van der Waals surface area contributed by atoms with Gasteiger partial charge in [-0.05, 0) is 26.0 Å². The van der Waals surface area contributed by atoms with Gasteiger partial charge >= 0.3 is 0 Å². The number of nitrogens with zero attached hydrogens (tertiary/aromatic N) is 2. The summed E-state index contributed by atoms with van der Waals surface area (Å²) in [7, 11) is 0. The van der Waals surface area contributed by atoms with E-state index in [1.807, 2.05) is 12.1 Å². The van der Waals surface area contributed by atoms with E-state index in [9.17, 15) is 0 Å². The molecule has 16 heavy (non-hydrogen) atoms. The number of furan rings is 1. The van der Waals surface area contributed by atoms with E-state index in [0.29, 0.717) is 12.6 Å². The van der Waals surface area contributed by atoms with Gasteiger partial charge in [0.05, 0.1) is 11.6 Å². The smallest absolute Gasteiger partial charge is 0.139 e. The van der Waals surface area contributed by atoms with Crippen molar-refractivity contribution in [3.63, 3.8) is 0 Å². The molecule has 0 atom stereocenters. The van der Waals surface area contributed by atoms with Crippen molar-refractivity contribution in [3.8, 4) is 0 Å². The molecule has 0 aliphatic rings. The lowest BCUT2D eigenvalue weighted by atomic mass is 10.2. The Morgan fingerprint density at radius 2 is 2.25 bits per heavy atom. The van der Waals surface area contributed by atoms with Crippen molar-refractivity contribution in [2.24, 2.45) is 5.73 Å². The van der Waals surface area contributed by atoms with E-state index in [1.54, 1.807) is 12.5 Å².